The summed E-state index contributed by atoms with van der Waals surface area (Å²) in [6, 6.07) is 14.0. The standard InChI is InChI=1S/C25H26BrFN2O4/c1-25(2)29(24(31)32-15-17-7-4-3-5-8-17)19(16-33-25)9-6-11-28-12-10-18-13-21(26)22(27)14-20(18)23(28)30/h3-5,7-8,10,12-14,19H,6,9,11,15-16H2,1-2H3/t19-/m1/s1. The van der Waals surface area contributed by atoms with E-state index in [-0.39, 0.29) is 18.2 Å². The maximum Gasteiger partial charge on any atom is 0.412 e. The molecule has 0 unspecified atom stereocenters. The fourth-order valence-electron chi connectivity index (χ4n) is 4.21. The summed E-state index contributed by atoms with van der Waals surface area (Å²) in [7, 11) is 0. The van der Waals surface area contributed by atoms with Crippen molar-refractivity contribution >= 4 is 32.8 Å². The van der Waals surface area contributed by atoms with Gasteiger partial charge >= 0.3 is 6.09 Å². The number of fused-ring (bicyclic) bond motifs is 1. The zero-order valence-electron chi connectivity index (χ0n) is 18.6. The maximum absolute atomic E-state index is 13.9. The molecule has 1 aliphatic rings. The highest BCUT2D eigenvalue weighted by Crippen LogP contribution is 2.30. The molecule has 1 aromatic heterocycles. The zero-order chi connectivity index (χ0) is 23.6. The fraction of sp³-hybridized carbons (Fsp3) is 0.360. The highest BCUT2D eigenvalue weighted by atomic mass is 79.9. The van der Waals surface area contributed by atoms with Gasteiger partial charge in [-0.1, -0.05) is 30.3 Å². The third kappa shape index (κ3) is 5.12. The van der Waals surface area contributed by atoms with Gasteiger partial charge in [-0.05, 0) is 71.8 Å². The molecule has 0 spiro atoms. The second kappa shape index (κ2) is 9.65. The molecular formula is C25H26BrFN2O4. The van der Waals surface area contributed by atoms with Crippen molar-refractivity contribution < 1.29 is 18.7 Å². The molecule has 1 aliphatic heterocycles. The lowest BCUT2D eigenvalue weighted by atomic mass is 10.1. The van der Waals surface area contributed by atoms with Crippen molar-refractivity contribution in [2.75, 3.05) is 6.61 Å². The van der Waals surface area contributed by atoms with Crippen molar-refractivity contribution in [2.45, 2.75) is 51.6 Å². The molecule has 6 nitrogen and oxygen atoms in total. The molecule has 0 aliphatic carbocycles. The largest absolute Gasteiger partial charge is 0.444 e. The molecule has 0 N–H and O–H groups in total. The van der Waals surface area contributed by atoms with Crippen LogP contribution in [0.2, 0.25) is 0 Å². The Morgan fingerprint density at radius 2 is 2.00 bits per heavy atom. The smallest absolute Gasteiger partial charge is 0.412 e. The number of pyridine rings is 1. The third-order valence-electron chi connectivity index (χ3n) is 5.93. The van der Waals surface area contributed by atoms with Crippen LogP contribution in [-0.4, -0.2) is 33.9 Å². The van der Waals surface area contributed by atoms with E-state index in [0.29, 0.717) is 41.2 Å². The van der Waals surface area contributed by atoms with Gasteiger partial charge in [0.25, 0.3) is 5.56 Å². The first-order chi connectivity index (χ1) is 15.8. The summed E-state index contributed by atoms with van der Waals surface area (Å²) in [6.45, 7) is 4.74. The molecule has 1 saturated heterocycles. The number of aryl methyl sites for hydroxylation is 1. The minimum Gasteiger partial charge on any atom is -0.444 e. The number of nitrogens with zero attached hydrogens (tertiary/aromatic N) is 2. The topological polar surface area (TPSA) is 60.8 Å². The van der Waals surface area contributed by atoms with E-state index in [4.69, 9.17) is 9.47 Å². The number of carbonyl (C=O) groups is 1. The first-order valence-electron chi connectivity index (χ1n) is 10.9. The van der Waals surface area contributed by atoms with E-state index in [1.807, 2.05) is 44.2 Å². The molecule has 1 amide bonds. The molecule has 8 heteroatoms. The minimum absolute atomic E-state index is 0.159. The van der Waals surface area contributed by atoms with E-state index in [2.05, 4.69) is 15.9 Å². The van der Waals surface area contributed by atoms with Gasteiger partial charge in [-0.3, -0.25) is 9.69 Å². The number of hydrogen-bond donors (Lipinski definition) is 0. The Balaban J connectivity index is 1.40. The Hall–Kier alpha value is -2.71. The van der Waals surface area contributed by atoms with Crippen molar-refractivity contribution in [1.82, 2.24) is 9.47 Å². The lowest BCUT2D eigenvalue weighted by molar-refractivity contribution is -0.0494. The average molecular weight is 517 g/mol. The highest BCUT2D eigenvalue weighted by molar-refractivity contribution is 9.10. The van der Waals surface area contributed by atoms with Crippen LogP contribution >= 0.6 is 15.9 Å². The summed E-state index contributed by atoms with van der Waals surface area (Å²) in [5.41, 5.74) is -0.0937. The van der Waals surface area contributed by atoms with E-state index >= 15 is 0 Å². The highest BCUT2D eigenvalue weighted by Gasteiger charge is 2.44. The number of carbonyl (C=O) groups excluding carboxylic acids is 1. The summed E-state index contributed by atoms with van der Waals surface area (Å²) in [5.74, 6) is -0.465. The Morgan fingerprint density at radius 1 is 1.24 bits per heavy atom. The predicted octanol–water partition coefficient (Wildman–Crippen LogP) is 5.46. The van der Waals surface area contributed by atoms with E-state index in [1.54, 1.807) is 27.8 Å². The number of aromatic nitrogens is 1. The Morgan fingerprint density at radius 3 is 2.76 bits per heavy atom. The Bertz CT molecular complexity index is 1210. The average Bonchev–Trinajstić information content (AvgIpc) is 3.10. The van der Waals surface area contributed by atoms with Crippen LogP contribution in [0.5, 0.6) is 0 Å². The third-order valence-corrected chi connectivity index (χ3v) is 6.54. The van der Waals surface area contributed by atoms with E-state index < -0.39 is 17.6 Å². The second-order valence-electron chi connectivity index (χ2n) is 8.63. The van der Waals surface area contributed by atoms with Gasteiger partial charge in [0.15, 0.2) is 0 Å². The maximum atomic E-state index is 13.9. The van der Waals surface area contributed by atoms with Gasteiger partial charge in [0.2, 0.25) is 0 Å². The summed E-state index contributed by atoms with van der Waals surface area (Å²) in [6.07, 6.45) is 2.59. The molecule has 2 heterocycles. The molecule has 0 radical (unpaired) electrons. The molecule has 2 aromatic carbocycles. The molecule has 0 saturated carbocycles. The van der Waals surface area contributed by atoms with Crippen LogP contribution in [0.15, 0.2) is 64.0 Å². The lowest BCUT2D eigenvalue weighted by Gasteiger charge is -2.32. The van der Waals surface area contributed by atoms with Crippen molar-refractivity contribution in [2.24, 2.45) is 0 Å². The van der Waals surface area contributed by atoms with Crippen molar-refractivity contribution in [3.63, 3.8) is 0 Å². The van der Waals surface area contributed by atoms with Gasteiger partial charge in [-0.2, -0.15) is 0 Å². The second-order valence-corrected chi connectivity index (χ2v) is 9.49. The molecular weight excluding hydrogens is 491 g/mol. The summed E-state index contributed by atoms with van der Waals surface area (Å²) in [4.78, 5) is 27.3. The molecule has 0 bridgehead atoms. The number of hydrogen-bond acceptors (Lipinski definition) is 4. The van der Waals surface area contributed by atoms with Crippen LogP contribution in [0, 0.1) is 5.82 Å². The first-order valence-corrected chi connectivity index (χ1v) is 11.7. The number of amides is 1. The zero-order valence-corrected chi connectivity index (χ0v) is 20.2. The lowest BCUT2D eigenvalue weighted by Crippen LogP contribution is -2.48. The molecule has 3 aromatic rings. The predicted molar refractivity (Wildman–Crippen MR) is 127 cm³/mol. The molecule has 1 fully saturated rings. The van der Waals surface area contributed by atoms with Gasteiger partial charge < -0.3 is 14.0 Å². The molecule has 174 valence electrons. The van der Waals surface area contributed by atoms with Gasteiger partial charge in [0.1, 0.15) is 18.1 Å². The van der Waals surface area contributed by atoms with Crippen LogP contribution in [0.25, 0.3) is 10.8 Å². The van der Waals surface area contributed by atoms with Crippen molar-refractivity contribution in [1.29, 1.82) is 0 Å². The molecule has 1 atom stereocenters. The van der Waals surface area contributed by atoms with E-state index in [1.165, 1.54) is 6.07 Å². The van der Waals surface area contributed by atoms with Crippen LogP contribution < -0.4 is 5.56 Å². The van der Waals surface area contributed by atoms with Crippen molar-refractivity contribution in [3.05, 3.63) is 80.9 Å². The Kier molecular flexibility index (Phi) is 6.86. The fourth-order valence-corrected chi connectivity index (χ4v) is 4.57. The summed E-state index contributed by atoms with van der Waals surface area (Å²) in [5, 5.41) is 1.03. The van der Waals surface area contributed by atoms with Crippen LogP contribution in [0.1, 0.15) is 32.3 Å². The van der Waals surface area contributed by atoms with Crippen LogP contribution in [0.3, 0.4) is 0 Å². The van der Waals surface area contributed by atoms with Crippen LogP contribution in [-0.2, 0) is 22.6 Å². The Labute approximate surface area is 200 Å². The van der Waals surface area contributed by atoms with Gasteiger partial charge in [-0.15, -0.1) is 0 Å². The first kappa shape index (κ1) is 23.4. The summed E-state index contributed by atoms with van der Waals surface area (Å²) < 4.78 is 27.2. The quantitative estimate of drug-likeness (QED) is 0.436. The number of halogens is 2. The molecule has 33 heavy (non-hydrogen) atoms. The van der Waals surface area contributed by atoms with Gasteiger partial charge in [0.05, 0.1) is 22.5 Å². The normalized spacial score (nSPS) is 17.5. The SMILES string of the molecule is CC1(C)OC[C@@H](CCCn2ccc3cc(Br)c(F)cc3c2=O)N1C(=O)OCc1ccccc1. The van der Waals surface area contributed by atoms with E-state index in [0.717, 1.165) is 5.56 Å². The molecule has 4 rings (SSSR count). The number of ether oxygens (including phenoxy) is 2. The summed E-state index contributed by atoms with van der Waals surface area (Å²) >= 11 is 3.15. The number of benzene rings is 2. The number of rotatable bonds is 6. The monoisotopic (exact) mass is 516 g/mol. The minimum atomic E-state index is -0.775. The van der Waals surface area contributed by atoms with E-state index in [9.17, 15) is 14.0 Å². The van der Waals surface area contributed by atoms with Gasteiger partial charge in [0, 0.05) is 12.7 Å². The van der Waals surface area contributed by atoms with Crippen molar-refractivity contribution in [3.8, 4) is 0 Å². The van der Waals surface area contributed by atoms with Crippen LogP contribution in [0.4, 0.5) is 9.18 Å². The van der Waals surface area contributed by atoms with Gasteiger partial charge in [-0.25, -0.2) is 9.18 Å².